The number of imide groups is 2. The van der Waals surface area contributed by atoms with Gasteiger partial charge < -0.3 is 20.2 Å². The van der Waals surface area contributed by atoms with Crippen LogP contribution in [0.1, 0.15) is 39.1 Å². The molecule has 0 aromatic heterocycles. The lowest BCUT2D eigenvalue weighted by Gasteiger charge is -2.23. The van der Waals surface area contributed by atoms with Crippen LogP contribution in [-0.4, -0.2) is 66.9 Å². The Hall–Kier alpha value is -3.96. The molecule has 5 rings (SSSR count). The number of carbonyl (C=O) groups excluding carboxylic acids is 5. The van der Waals surface area contributed by atoms with Crippen molar-refractivity contribution in [1.82, 2.24) is 10.2 Å². The zero-order chi connectivity index (χ0) is 26.5. The van der Waals surface area contributed by atoms with Gasteiger partial charge in [0.05, 0.1) is 28.8 Å². The Balaban J connectivity index is 0.000000186. The maximum Gasteiger partial charge on any atom is 0.290 e. The van der Waals surface area contributed by atoms with E-state index in [1.165, 1.54) is 0 Å². The van der Waals surface area contributed by atoms with Crippen LogP contribution in [0.15, 0.2) is 47.4 Å². The molecule has 2 saturated heterocycles. The van der Waals surface area contributed by atoms with E-state index in [0.717, 1.165) is 53.2 Å². The Labute approximate surface area is 217 Å². The van der Waals surface area contributed by atoms with E-state index in [9.17, 15) is 24.0 Å². The van der Waals surface area contributed by atoms with Crippen molar-refractivity contribution in [3.63, 3.8) is 0 Å². The number of ether oxygens (including phenoxy) is 1. The van der Waals surface area contributed by atoms with Gasteiger partial charge in [0.1, 0.15) is 12.0 Å². The fraction of sp³-hybridized carbons (Fsp3) is 0.269. The van der Waals surface area contributed by atoms with Crippen molar-refractivity contribution < 1.29 is 28.7 Å². The number of nitrogens with two attached hydrogens (primary N) is 1. The van der Waals surface area contributed by atoms with Gasteiger partial charge in [0.2, 0.25) is 0 Å². The molecule has 0 radical (unpaired) electrons. The summed E-state index contributed by atoms with van der Waals surface area (Å²) in [6.07, 6.45) is 3.53. The number of methoxy groups -OCH3 is 1. The number of nitrogens with zero attached hydrogens (tertiary/aromatic N) is 2. The van der Waals surface area contributed by atoms with Gasteiger partial charge in [0.15, 0.2) is 0 Å². The Bertz CT molecular complexity index is 1260. The largest absolute Gasteiger partial charge is 0.495 e. The van der Waals surface area contributed by atoms with Crippen LogP contribution in [0.25, 0.3) is 6.08 Å². The van der Waals surface area contributed by atoms with E-state index in [2.05, 4.69) is 10.2 Å². The number of carbonyl (C=O) groups is 5. The second-order valence-corrected chi connectivity index (χ2v) is 9.52. The van der Waals surface area contributed by atoms with Crippen molar-refractivity contribution in [3.05, 3.63) is 64.1 Å². The number of benzene rings is 2. The molecule has 0 bridgehead atoms. The summed E-state index contributed by atoms with van der Waals surface area (Å²) in [5, 5.41) is 1.92. The molecule has 2 fully saturated rings. The number of fused-ring (bicyclic) bond motifs is 1. The molecule has 2 aromatic carbocycles. The normalized spacial score (nSPS) is 19.6. The molecule has 11 heteroatoms. The summed E-state index contributed by atoms with van der Waals surface area (Å²) in [5.41, 5.74) is 8.61. The van der Waals surface area contributed by atoms with Crippen LogP contribution in [0.4, 0.5) is 10.5 Å². The van der Waals surface area contributed by atoms with E-state index in [1.54, 1.807) is 37.5 Å². The summed E-state index contributed by atoms with van der Waals surface area (Å²) in [6.45, 7) is 1.75. The van der Waals surface area contributed by atoms with Gasteiger partial charge in [-0.05, 0) is 42.5 Å². The number of rotatable bonds is 6. The number of nitrogens with one attached hydrogen (secondary N) is 1. The third-order valence-electron chi connectivity index (χ3n) is 6.07. The first-order valence-electron chi connectivity index (χ1n) is 11.6. The number of hydrogen-bond donors (Lipinski definition) is 2. The highest BCUT2D eigenvalue weighted by Gasteiger charge is 2.34. The van der Waals surface area contributed by atoms with E-state index in [4.69, 9.17) is 10.5 Å². The van der Waals surface area contributed by atoms with Crippen LogP contribution < -0.4 is 20.7 Å². The monoisotopic (exact) mass is 522 g/mol. The number of amides is 4. The summed E-state index contributed by atoms with van der Waals surface area (Å²) < 4.78 is 5.46. The van der Waals surface area contributed by atoms with Gasteiger partial charge in [-0.15, -0.1) is 0 Å². The first-order chi connectivity index (χ1) is 17.8. The highest BCUT2D eigenvalue weighted by molar-refractivity contribution is 8.18. The van der Waals surface area contributed by atoms with Crippen molar-refractivity contribution in [2.75, 3.05) is 31.6 Å². The zero-order valence-electron chi connectivity index (χ0n) is 20.1. The van der Waals surface area contributed by atoms with E-state index in [-0.39, 0.29) is 42.0 Å². The average Bonchev–Trinajstić information content (AvgIpc) is 3.54. The molecule has 0 spiro atoms. The maximum atomic E-state index is 11.7. The Morgan fingerprint density at radius 2 is 1.78 bits per heavy atom. The number of thioether (sulfide) groups is 1. The number of aldehydes is 1. The minimum atomic E-state index is -0.359. The highest BCUT2D eigenvalue weighted by atomic mass is 32.2. The van der Waals surface area contributed by atoms with Crippen LogP contribution in [0, 0.1) is 0 Å². The van der Waals surface area contributed by atoms with E-state index in [1.807, 2.05) is 18.2 Å². The number of hydrogen-bond acceptors (Lipinski definition) is 9. The predicted octanol–water partition coefficient (Wildman–Crippen LogP) is 2.43. The van der Waals surface area contributed by atoms with Gasteiger partial charge in [0, 0.05) is 37.7 Å². The Kier molecular flexibility index (Phi) is 8.04. The molecular formula is C26H26N4O6S. The lowest BCUT2D eigenvalue weighted by molar-refractivity contribution is -0.115. The third-order valence-corrected chi connectivity index (χ3v) is 6.88. The number of para-hydroxylation sites is 1. The van der Waals surface area contributed by atoms with Crippen molar-refractivity contribution >= 4 is 52.8 Å². The minimum Gasteiger partial charge on any atom is -0.495 e. The van der Waals surface area contributed by atoms with Crippen LogP contribution in [0.5, 0.6) is 5.75 Å². The molecule has 10 nitrogen and oxygen atoms in total. The Morgan fingerprint density at radius 1 is 1.08 bits per heavy atom. The van der Waals surface area contributed by atoms with Crippen LogP contribution in [0.2, 0.25) is 0 Å². The SMILES string of the molecule is COc1cccc(/C=C2\SC(=O)NC2=O)c1N1CC[C@H](N)C1.O=CCCN1C(=O)c2ccccc2C1=O. The molecule has 2 aromatic rings. The van der Waals surface area contributed by atoms with Gasteiger partial charge in [-0.2, -0.15) is 0 Å². The fourth-order valence-electron chi connectivity index (χ4n) is 4.34. The molecule has 4 amide bonds. The minimum absolute atomic E-state index is 0.135. The first kappa shape index (κ1) is 26.1. The lowest BCUT2D eigenvalue weighted by atomic mass is 10.1. The van der Waals surface area contributed by atoms with Gasteiger partial charge >= 0.3 is 0 Å². The molecule has 3 N–H and O–H groups in total. The maximum absolute atomic E-state index is 11.7. The van der Waals surface area contributed by atoms with E-state index in [0.29, 0.717) is 22.3 Å². The number of anilines is 1. The molecule has 192 valence electrons. The first-order valence-corrected chi connectivity index (χ1v) is 12.5. The fourth-order valence-corrected chi connectivity index (χ4v) is 5.01. The Morgan fingerprint density at radius 3 is 2.32 bits per heavy atom. The van der Waals surface area contributed by atoms with Crippen molar-refractivity contribution in [1.29, 1.82) is 0 Å². The summed E-state index contributed by atoms with van der Waals surface area (Å²) in [4.78, 5) is 60.3. The molecule has 1 atom stereocenters. The van der Waals surface area contributed by atoms with E-state index < -0.39 is 0 Å². The quantitative estimate of drug-likeness (QED) is 0.333. The predicted molar refractivity (Wildman–Crippen MR) is 139 cm³/mol. The second-order valence-electron chi connectivity index (χ2n) is 8.51. The summed E-state index contributed by atoms with van der Waals surface area (Å²) in [6, 6.07) is 12.5. The van der Waals surface area contributed by atoms with Gasteiger partial charge in [0.25, 0.3) is 23.0 Å². The molecule has 0 unspecified atom stereocenters. The van der Waals surface area contributed by atoms with E-state index >= 15 is 0 Å². The summed E-state index contributed by atoms with van der Waals surface area (Å²) >= 11 is 0.911. The molecular weight excluding hydrogens is 496 g/mol. The lowest BCUT2D eigenvalue weighted by Crippen LogP contribution is -2.30. The highest BCUT2D eigenvalue weighted by Crippen LogP contribution is 2.37. The van der Waals surface area contributed by atoms with Crippen molar-refractivity contribution in [2.45, 2.75) is 18.9 Å². The third kappa shape index (κ3) is 5.57. The molecule has 3 aliphatic heterocycles. The van der Waals surface area contributed by atoms with Crippen molar-refractivity contribution in [3.8, 4) is 5.75 Å². The van der Waals surface area contributed by atoms with Crippen molar-refractivity contribution in [2.24, 2.45) is 5.73 Å². The second kappa shape index (κ2) is 11.4. The molecule has 37 heavy (non-hydrogen) atoms. The van der Waals surface area contributed by atoms with Crippen LogP contribution in [-0.2, 0) is 9.59 Å². The standard InChI is InChI=1S/C15H17N3O3S.C11H9NO3/c1-21-11-4-2-3-9(7-12-14(19)17-15(20)22-12)13(11)18-6-5-10(16)8-18;13-7-3-6-12-10(14)8-4-1-2-5-9(8)11(12)15/h2-4,7,10H,5-6,8,16H2,1H3,(H,17,19,20);1-2,4-5,7H,3,6H2/b12-7-;/t10-;/m0./s1. The molecule has 0 saturated carbocycles. The summed E-state index contributed by atoms with van der Waals surface area (Å²) in [5.74, 6) is -0.241. The van der Waals surface area contributed by atoms with Crippen LogP contribution in [0.3, 0.4) is 0 Å². The average molecular weight is 523 g/mol. The van der Waals surface area contributed by atoms with Gasteiger partial charge in [-0.25, -0.2) is 0 Å². The summed E-state index contributed by atoms with van der Waals surface area (Å²) in [7, 11) is 1.62. The molecule has 0 aliphatic carbocycles. The van der Waals surface area contributed by atoms with Gasteiger partial charge in [-0.3, -0.25) is 29.4 Å². The zero-order valence-corrected chi connectivity index (χ0v) is 21.0. The van der Waals surface area contributed by atoms with Gasteiger partial charge in [-0.1, -0.05) is 24.3 Å². The van der Waals surface area contributed by atoms with Crippen LogP contribution >= 0.6 is 11.8 Å². The molecule has 3 heterocycles. The topological polar surface area (TPSA) is 139 Å². The molecule has 3 aliphatic rings. The smallest absolute Gasteiger partial charge is 0.290 e.